The highest BCUT2D eigenvalue weighted by molar-refractivity contribution is 5.86. The second kappa shape index (κ2) is 8.73. The van der Waals surface area contributed by atoms with Crippen molar-refractivity contribution in [3.63, 3.8) is 0 Å². The van der Waals surface area contributed by atoms with Gasteiger partial charge in [0.15, 0.2) is 0 Å². The number of benzene rings is 2. The first-order chi connectivity index (χ1) is 12.8. The van der Waals surface area contributed by atoms with E-state index in [0.717, 1.165) is 11.1 Å². The third kappa shape index (κ3) is 4.89. The molecule has 0 atom stereocenters. The van der Waals surface area contributed by atoms with Gasteiger partial charge in [-0.2, -0.15) is 0 Å². The molecule has 0 aliphatic carbocycles. The fourth-order valence-electron chi connectivity index (χ4n) is 2.94. The average Bonchev–Trinajstić information content (AvgIpc) is 2.61. The van der Waals surface area contributed by atoms with Gasteiger partial charge in [0.25, 0.3) is 0 Å². The Morgan fingerprint density at radius 3 is 1.48 bits per heavy atom. The molecule has 27 heavy (non-hydrogen) atoms. The SMILES string of the molecule is CCOC(=O)C(O)(c1ccc(CC(C)=O)cc1)c1ccc(CC(C)=O)cc1. The van der Waals surface area contributed by atoms with Gasteiger partial charge in [-0.3, -0.25) is 9.59 Å². The highest BCUT2D eigenvalue weighted by Crippen LogP contribution is 2.32. The summed E-state index contributed by atoms with van der Waals surface area (Å²) < 4.78 is 5.11. The summed E-state index contributed by atoms with van der Waals surface area (Å²) in [5.41, 5.74) is 0.336. The maximum atomic E-state index is 12.6. The summed E-state index contributed by atoms with van der Waals surface area (Å²) in [6, 6.07) is 13.3. The lowest BCUT2D eigenvalue weighted by molar-refractivity contribution is -0.161. The molecule has 0 aromatic heterocycles. The number of ketones is 2. The van der Waals surface area contributed by atoms with Crippen LogP contribution >= 0.6 is 0 Å². The number of esters is 1. The van der Waals surface area contributed by atoms with Crippen molar-refractivity contribution in [2.24, 2.45) is 0 Å². The van der Waals surface area contributed by atoms with Gasteiger partial charge in [0.1, 0.15) is 11.6 Å². The van der Waals surface area contributed by atoms with Crippen LogP contribution in [-0.2, 0) is 37.6 Å². The number of aliphatic hydroxyl groups is 1. The van der Waals surface area contributed by atoms with Crippen molar-refractivity contribution in [2.75, 3.05) is 6.61 Å². The lowest BCUT2D eigenvalue weighted by atomic mass is 9.85. The molecule has 0 unspecified atom stereocenters. The fourth-order valence-corrected chi connectivity index (χ4v) is 2.94. The number of Topliss-reactive ketones (excluding diaryl/α,β-unsaturated/α-hetero) is 2. The standard InChI is InChI=1S/C22H24O5/c1-4-27-21(25)22(26,19-9-5-17(6-10-19)13-15(2)23)20-11-7-18(8-12-20)14-16(3)24/h5-12,26H,4,13-14H2,1-3H3. The molecule has 0 aliphatic heterocycles. The van der Waals surface area contributed by atoms with E-state index in [1.54, 1.807) is 55.5 Å². The van der Waals surface area contributed by atoms with Crippen LogP contribution in [0.3, 0.4) is 0 Å². The first kappa shape index (κ1) is 20.5. The summed E-state index contributed by atoms with van der Waals surface area (Å²) in [5, 5.41) is 11.3. The van der Waals surface area contributed by atoms with Crippen molar-refractivity contribution in [1.82, 2.24) is 0 Å². The van der Waals surface area contributed by atoms with Gasteiger partial charge in [-0.05, 0) is 43.0 Å². The van der Waals surface area contributed by atoms with Crippen LogP contribution in [0.15, 0.2) is 48.5 Å². The van der Waals surface area contributed by atoms with E-state index in [2.05, 4.69) is 0 Å². The van der Waals surface area contributed by atoms with E-state index < -0.39 is 11.6 Å². The number of hydrogen-bond acceptors (Lipinski definition) is 5. The molecule has 0 fully saturated rings. The molecular formula is C22H24O5. The third-order valence-corrected chi connectivity index (χ3v) is 4.22. The van der Waals surface area contributed by atoms with Crippen molar-refractivity contribution in [3.05, 3.63) is 70.8 Å². The minimum Gasteiger partial charge on any atom is -0.463 e. The quantitative estimate of drug-likeness (QED) is 0.725. The largest absolute Gasteiger partial charge is 0.463 e. The van der Waals surface area contributed by atoms with E-state index in [4.69, 9.17) is 4.74 Å². The molecule has 0 radical (unpaired) electrons. The van der Waals surface area contributed by atoms with Crippen molar-refractivity contribution < 1.29 is 24.2 Å². The van der Waals surface area contributed by atoms with Crippen LogP contribution in [0, 0.1) is 0 Å². The van der Waals surface area contributed by atoms with Gasteiger partial charge in [0.05, 0.1) is 6.61 Å². The molecule has 0 spiro atoms. The van der Waals surface area contributed by atoms with Gasteiger partial charge in [-0.15, -0.1) is 0 Å². The summed E-state index contributed by atoms with van der Waals surface area (Å²) in [5.74, 6) is -0.711. The van der Waals surface area contributed by atoms with Crippen LogP contribution in [0.2, 0.25) is 0 Å². The van der Waals surface area contributed by atoms with Gasteiger partial charge >= 0.3 is 5.97 Å². The fraction of sp³-hybridized carbons (Fsp3) is 0.318. The summed E-state index contributed by atoms with van der Waals surface area (Å²) in [4.78, 5) is 35.2. The molecule has 2 aromatic rings. The maximum Gasteiger partial charge on any atom is 0.347 e. The molecule has 5 heteroatoms. The van der Waals surface area contributed by atoms with Crippen LogP contribution in [0.5, 0.6) is 0 Å². The van der Waals surface area contributed by atoms with Crippen molar-refractivity contribution in [1.29, 1.82) is 0 Å². The van der Waals surface area contributed by atoms with Gasteiger partial charge in [-0.1, -0.05) is 48.5 Å². The Morgan fingerprint density at radius 1 is 0.815 bits per heavy atom. The van der Waals surface area contributed by atoms with Gasteiger partial charge in [-0.25, -0.2) is 4.79 Å². The number of carbonyl (C=O) groups is 3. The number of rotatable bonds is 8. The first-order valence-corrected chi connectivity index (χ1v) is 8.84. The average molecular weight is 368 g/mol. The zero-order valence-electron chi connectivity index (χ0n) is 15.8. The second-order valence-corrected chi connectivity index (χ2v) is 6.58. The van der Waals surface area contributed by atoms with Gasteiger partial charge in [0.2, 0.25) is 5.60 Å². The Balaban J connectivity index is 2.44. The maximum absolute atomic E-state index is 12.6. The zero-order valence-corrected chi connectivity index (χ0v) is 15.8. The van der Waals surface area contributed by atoms with Crippen LogP contribution in [-0.4, -0.2) is 29.2 Å². The zero-order chi connectivity index (χ0) is 20.0. The molecule has 2 rings (SSSR count). The Labute approximate surface area is 159 Å². The third-order valence-electron chi connectivity index (χ3n) is 4.22. The molecule has 5 nitrogen and oxygen atoms in total. The van der Waals surface area contributed by atoms with E-state index in [9.17, 15) is 19.5 Å². The van der Waals surface area contributed by atoms with E-state index in [0.29, 0.717) is 11.1 Å². The molecule has 142 valence electrons. The number of ether oxygens (including phenoxy) is 1. The predicted octanol–water partition coefficient (Wildman–Crippen LogP) is 2.75. The summed E-state index contributed by atoms with van der Waals surface area (Å²) in [7, 11) is 0. The molecular weight excluding hydrogens is 344 g/mol. The molecule has 2 aromatic carbocycles. The molecule has 0 saturated heterocycles. The Bertz CT molecular complexity index is 759. The van der Waals surface area contributed by atoms with E-state index in [-0.39, 0.29) is 31.0 Å². The molecule has 0 amide bonds. The van der Waals surface area contributed by atoms with Gasteiger partial charge < -0.3 is 9.84 Å². The van der Waals surface area contributed by atoms with E-state index in [1.807, 2.05) is 0 Å². The molecule has 0 aliphatic rings. The number of hydrogen-bond donors (Lipinski definition) is 1. The second-order valence-electron chi connectivity index (χ2n) is 6.58. The van der Waals surface area contributed by atoms with E-state index >= 15 is 0 Å². The summed E-state index contributed by atoms with van der Waals surface area (Å²) in [6.07, 6.45) is 0.579. The normalized spacial score (nSPS) is 11.1. The molecule has 1 N–H and O–H groups in total. The van der Waals surface area contributed by atoms with E-state index in [1.165, 1.54) is 13.8 Å². The molecule has 0 bridgehead atoms. The summed E-state index contributed by atoms with van der Waals surface area (Å²) >= 11 is 0. The lowest BCUT2D eigenvalue weighted by Gasteiger charge is -2.27. The van der Waals surface area contributed by atoms with Crippen molar-refractivity contribution in [2.45, 2.75) is 39.2 Å². The van der Waals surface area contributed by atoms with Crippen molar-refractivity contribution in [3.8, 4) is 0 Å². The Hall–Kier alpha value is -2.79. The minimum atomic E-state index is -1.97. The smallest absolute Gasteiger partial charge is 0.347 e. The first-order valence-electron chi connectivity index (χ1n) is 8.84. The number of carbonyl (C=O) groups excluding carboxylic acids is 3. The highest BCUT2D eigenvalue weighted by atomic mass is 16.5. The van der Waals surface area contributed by atoms with Crippen LogP contribution in [0.25, 0.3) is 0 Å². The Kier molecular flexibility index (Phi) is 6.64. The van der Waals surface area contributed by atoms with Crippen molar-refractivity contribution >= 4 is 17.5 Å². The van der Waals surface area contributed by atoms with Crippen LogP contribution in [0.1, 0.15) is 43.0 Å². The van der Waals surface area contributed by atoms with Crippen LogP contribution < -0.4 is 0 Å². The van der Waals surface area contributed by atoms with Crippen LogP contribution in [0.4, 0.5) is 0 Å². The predicted molar refractivity (Wildman–Crippen MR) is 101 cm³/mol. The minimum absolute atomic E-state index is 0.0319. The Morgan fingerprint density at radius 2 is 1.19 bits per heavy atom. The highest BCUT2D eigenvalue weighted by Gasteiger charge is 2.41. The lowest BCUT2D eigenvalue weighted by Crippen LogP contribution is -2.38. The van der Waals surface area contributed by atoms with Gasteiger partial charge in [0, 0.05) is 12.8 Å². The monoisotopic (exact) mass is 368 g/mol. The summed E-state index contributed by atoms with van der Waals surface area (Å²) in [6.45, 7) is 4.81. The topological polar surface area (TPSA) is 80.7 Å². The molecule has 0 saturated carbocycles. The molecule has 0 heterocycles.